The first kappa shape index (κ1) is 12.2. The molecule has 3 heteroatoms. The van der Waals surface area contributed by atoms with Crippen molar-refractivity contribution >= 4 is 5.97 Å². The first-order chi connectivity index (χ1) is 7.22. The predicted octanol–water partition coefficient (Wildman–Crippen LogP) is 2.46. The summed E-state index contributed by atoms with van der Waals surface area (Å²) in [5, 5.41) is 0. The van der Waals surface area contributed by atoms with Crippen molar-refractivity contribution in [3.63, 3.8) is 0 Å². The van der Waals surface area contributed by atoms with E-state index in [1.807, 2.05) is 13.0 Å². The van der Waals surface area contributed by atoms with Crippen molar-refractivity contribution in [3.8, 4) is 0 Å². The molecular formula is C12H20O3. The van der Waals surface area contributed by atoms with Gasteiger partial charge in [-0.2, -0.15) is 0 Å². The van der Waals surface area contributed by atoms with Crippen LogP contribution in [-0.2, 0) is 14.3 Å². The van der Waals surface area contributed by atoms with E-state index in [1.54, 1.807) is 0 Å². The number of ether oxygens (including phenoxy) is 2. The molecule has 1 aliphatic rings. The molecular weight excluding hydrogens is 192 g/mol. The molecule has 0 bridgehead atoms. The summed E-state index contributed by atoms with van der Waals surface area (Å²) in [4.78, 5) is 11.5. The SMILES string of the molecule is C=CCC1(CC(=O)OCC)CCCCO1. The number of rotatable bonds is 5. The van der Waals surface area contributed by atoms with Crippen LogP contribution in [0.1, 0.15) is 39.0 Å². The number of esters is 1. The predicted molar refractivity (Wildman–Crippen MR) is 58.6 cm³/mol. The lowest BCUT2D eigenvalue weighted by atomic mass is 9.87. The van der Waals surface area contributed by atoms with Crippen molar-refractivity contribution < 1.29 is 14.3 Å². The molecule has 1 aliphatic heterocycles. The van der Waals surface area contributed by atoms with Gasteiger partial charge in [0.2, 0.25) is 0 Å². The summed E-state index contributed by atoms with van der Waals surface area (Å²) >= 11 is 0. The van der Waals surface area contributed by atoms with E-state index in [9.17, 15) is 4.79 Å². The zero-order valence-electron chi connectivity index (χ0n) is 9.46. The highest BCUT2D eigenvalue weighted by atomic mass is 16.5. The molecule has 1 atom stereocenters. The Balaban J connectivity index is 2.55. The molecule has 3 nitrogen and oxygen atoms in total. The Kier molecular flexibility index (Phi) is 4.82. The van der Waals surface area contributed by atoms with Crippen LogP contribution in [-0.4, -0.2) is 24.8 Å². The summed E-state index contributed by atoms with van der Waals surface area (Å²) in [6, 6.07) is 0. The number of carbonyl (C=O) groups excluding carboxylic acids is 1. The van der Waals surface area contributed by atoms with Crippen LogP contribution in [0.4, 0.5) is 0 Å². The van der Waals surface area contributed by atoms with Gasteiger partial charge in [-0.25, -0.2) is 0 Å². The quantitative estimate of drug-likeness (QED) is 0.518. The van der Waals surface area contributed by atoms with Crippen molar-refractivity contribution in [3.05, 3.63) is 12.7 Å². The van der Waals surface area contributed by atoms with Crippen molar-refractivity contribution in [1.29, 1.82) is 0 Å². The van der Waals surface area contributed by atoms with Gasteiger partial charge in [-0.3, -0.25) is 4.79 Å². The Morgan fingerprint density at radius 2 is 2.40 bits per heavy atom. The molecule has 0 N–H and O–H groups in total. The maximum atomic E-state index is 11.5. The second-order valence-corrected chi connectivity index (χ2v) is 3.96. The van der Waals surface area contributed by atoms with E-state index in [0.717, 1.165) is 32.3 Å². The molecule has 15 heavy (non-hydrogen) atoms. The molecule has 1 rings (SSSR count). The molecule has 0 aromatic heterocycles. The van der Waals surface area contributed by atoms with Gasteiger partial charge in [0, 0.05) is 6.61 Å². The lowest BCUT2D eigenvalue weighted by Gasteiger charge is -2.35. The number of carbonyl (C=O) groups is 1. The molecule has 0 aromatic carbocycles. The normalized spacial score (nSPS) is 25.9. The fourth-order valence-electron chi connectivity index (χ4n) is 2.02. The summed E-state index contributed by atoms with van der Waals surface area (Å²) in [7, 11) is 0. The highest BCUT2D eigenvalue weighted by Crippen LogP contribution is 2.32. The van der Waals surface area contributed by atoms with Crippen LogP contribution in [0, 0.1) is 0 Å². The monoisotopic (exact) mass is 212 g/mol. The summed E-state index contributed by atoms with van der Waals surface area (Å²) in [5.74, 6) is -0.166. The number of hydrogen-bond donors (Lipinski definition) is 0. The fraction of sp³-hybridized carbons (Fsp3) is 0.750. The molecule has 1 fully saturated rings. The van der Waals surface area contributed by atoms with E-state index in [1.165, 1.54) is 0 Å². The second-order valence-electron chi connectivity index (χ2n) is 3.96. The highest BCUT2D eigenvalue weighted by molar-refractivity contribution is 5.70. The fourth-order valence-corrected chi connectivity index (χ4v) is 2.02. The van der Waals surface area contributed by atoms with Gasteiger partial charge in [0.15, 0.2) is 0 Å². The first-order valence-electron chi connectivity index (χ1n) is 5.63. The van der Waals surface area contributed by atoms with Crippen molar-refractivity contribution in [1.82, 2.24) is 0 Å². The van der Waals surface area contributed by atoms with Gasteiger partial charge < -0.3 is 9.47 Å². The van der Waals surface area contributed by atoms with Crippen LogP contribution >= 0.6 is 0 Å². The molecule has 0 spiro atoms. The Bertz CT molecular complexity index is 217. The van der Waals surface area contributed by atoms with Gasteiger partial charge in [-0.05, 0) is 32.6 Å². The van der Waals surface area contributed by atoms with Crippen molar-refractivity contribution in [2.24, 2.45) is 0 Å². The van der Waals surface area contributed by atoms with Gasteiger partial charge in [-0.1, -0.05) is 6.08 Å². The van der Waals surface area contributed by atoms with Crippen LogP contribution in [0.25, 0.3) is 0 Å². The third-order valence-corrected chi connectivity index (χ3v) is 2.72. The van der Waals surface area contributed by atoms with Crippen LogP contribution in [0.5, 0.6) is 0 Å². The molecule has 0 saturated carbocycles. The zero-order chi connectivity index (χ0) is 11.1. The van der Waals surface area contributed by atoms with Gasteiger partial charge in [0.1, 0.15) is 0 Å². The number of hydrogen-bond acceptors (Lipinski definition) is 3. The first-order valence-corrected chi connectivity index (χ1v) is 5.63. The highest BCUT2D eigenvalue weighted by Gasteiger charge is 2.34. The largest absolute Gasteiger partial charge is 0.466 e. The molecule has 86 valence electrons. The summed E-state index contributed by atoms with van der Waals surface area (Å²) < 4.78 is 10.7. The maximum absolute atomic E-state index is 11.5. The smallest absolute Gasteiger partial charge is 0.308 e. The molecule has 0 aliphatic carbocycles. The third-order valence-electron chi connectivity index (χ3n) is 2.72. The van der Waals surface area contributed by atoms with E-state index in [0.29, 0.717) is 13.0 Å². The Morgan fingerprint density at radius 1 is 1.60 bits per heavy atom. The van der Waals surface area contributed by atoms with Crippen molar-refractivity contribution in [2.75, 3.05) is 13.2 Å². The minimum Gasteiger partial charge on any atom is -0.466 e. The average molecular weight is 212 g/mol. The Morgan fingerprint density at radius 3 is 2.93 bits per heavy atom. The van der Waals surface area contributed by atoms with Crippen LogP contribution in [0.2, 0.25) is 0 Å². The van der Waals surface area contributed by atoms with E-state index in [4.69, 9.17) is 9.47 Å². The van der Waals surface area contributed by atoms with Crippen LogP contribution < -0.4 is 0 Å². The molecule has 0 radical (unpaired) electrons. The van der Waals surface area contributed by atoms with E-state index in [2.05, 4.69) is 6.58 Å². The Hall–Kier alpha value is -0.830. The van der Waals surface area contributed by atoms with E-state index < -0.39 is 0 Å². The van der Waals surface area contributed by atoms with E-state index >= 15 is 0 Å². The standard InChI is InChI=1S/C12H20O3/c1-3-7-12(8-5-6-9-15-12)10-11(13)14-4-2/h3H,1,4-10H2,2H3. The third kappa shape index (κ3) is 3.67. The van der Waals surface area contributed by atoms with Gasteiger partial charge in [-0.15, -0.1) is 6.58 Å². The summed E-state index contributed by atoms with van der Waals surface area (Å²) in [5.41, 5.74) is -0.341. The van der Waals surface area contributed by atoms with E-state index in [-0.39, 0.29) is 11.6 Å². The van der Waals surface area contributed by atoms with Crippen LogP contribution in [0.3, 0.4) is 0 Å². The topological polar surface area (TPSA) is 35.5 Å². The minimum atomic E-state index is -0.341. The second kappa shape index (κ2) is 5.91. The van der Waals surface area contributed by atoms with Gasteiger partial charge >= 0.3 is 5.97 Å². The minimum absolute atomic E-state index is 0.166. The molecule has 1 heterocycles. The molecule has 0 amide bonds. The van der Waals surface area contributed by atoms with Crippen molar-refractivity contribution in [2.45, 2.75) is 44.6 Å². The zero-order valence-corrected chi connectivity index (χ0v) is 9.46. The summed E-state index contributed by atoms with van der Waals surface area (Å²) in [6.07, 6.45) is 6.04. The molecule has 0 aromatic rings. The van der Waals surface area contributed by atoms with Gasteiger partial charge in [0.05, 0.1) is 18.6 Å². The van der Waals surface area contributed by atoms with Gasteiger partial charge in [0.25, 0.3) is 0 Å². The maximum Gasteiger partial charge on any atom is 0.308 e. The average Bonchev–Trinajstić information content (AvgIpc) is 2.19. The Labute approximate surface area is 91.4 Å². The van der Waals surface area contributed by atoms with Crippen LogP contribution in [0.15, 0.2) is 12.7 Å². The summed E-state index contributed by atoms with van der Waals surface area (Å²) in [6.45, 7) is 6.72. The lowest BCUT2D eigenvalue weighted by Crippen LogP contribution is -2.38. The molecule has 1 unspecified atom stereocenters. The lowest BCUT2D eigenvalue weighted by molar-refractivity contribution is -0.155. The molecule has 1 saturated heterocycles.